The number of carbonyl (C=O) groups excluding carboxylic acids is 1. The Bertz CT molecular complexity index is 320. The van der Waals surface area contributed by atoms with Crippen molar-refractivity contribution >= 4 is 34.6 Å². The predicted molar refractivity (Wildman–Crippen MR) is 57.4 cm³/mol. The molecule has 0 aliphatic heterocycles. The molecule has 0 bridgehead atoms. The summed E-state index contributed by atoms with van der Waals surface area (Å²) in [6.07, 6.45) is 3.07. The molecule has 0 atom stereocenters. The van der Waals surface area contributed by atoms with E-state index < -0.39 is 5.91 Å². The van der Waals surface area contributed by atoms with E-state index in [-0.39, 0.29) is 0 Å². The van der Waals surface area contributed by atoms with E-state index in [1.807, 2.05) is 24.3 Å². The van der Waals surface area contributed by atoms with E-state index in [0.717, 1.165) is 9.13 Å². The highest BCUT2D eigenvalue weighted by Gasteiger charge is 1.92. The van der Waals surface area contributed by atoms with Crippen LogP contribution in [0, 0.1) is 3.57 Å². The molecule has 0 aliphatic rings. The van der Waals surface area contributed by atoms with Crippen LogP contribution in [-0.2, 0) is 4.79 Å². The number of nitrogens with two attached hydrogens (primary N) is 1. The quantitative estimate of drug-likeness (QED) is 0.648. The highest BCUT2D eigenvalue weighted by molar-refractivity contribution is 14.1. The molecule has 0 heterocycles. The molecule has 62 valence electrons. The molecular formula is C9H8INO. The topological polar surface area (TPSA) is 43.1 Å². The third kappa shape index (κ3) is 2.65. The van der Waals surface area contributed by atoms with Crippen LogP contribution in [-0.4, -0.2) is 5.91 Å². The number of benzene rings is 1. The van der Waals surface area contributed by atoms with Crippen LogP contribution in [0.3, 0.4) is 0 Å². The molecular weight excluding hydrogens is 265 g/mol. The summed E-state index contributed by atoms with van der Waals surface area (Å²) >= 11 is 2.20. The molecule has 1 amide bonds. The standard InChI is InChI=1S/C9H8INO/c10-8-4-2-1-3-7(8)5-6-9(11)12/h1-6H,(H2,11,12). The molecule has 12 heavy (non-hydrogen) atoms. The summed E-state index contributed by atoms with van der Waals surface area (Å²) in [5.74, 6) is -0.422. The summed E-state index contributed by atoms with van der Waals surface area (Å²) in [7, 11) is 0. The van der Waals surface area contributed by atoms with Gasteiger partial charge < -0.3 is 5.73 Å². The first-order chi connectivity index (χ1) is 5.70. The monoisotopic (exact) mass is 273 g/mol. The molecule has 2 nitrogen and oxygen atoms in total. The van der Waals surface area contributed by atoms with E-state index >= 15 is 0 Å². The second-order valence-electron chi connectivity index (χ2n) is 2.26. The lowest BCUT2D eigenvalue weighted by molar-refractivity contribution is -0.113. The average Bonchev–Trinajstić information content (AvgIpc) is 2.03. The van der Waals surface area contributed by atoms with Gasteiger partial charge in [0, 0.05) is 9.65 Å². The van der Waals surface area contributed by atoms with Crippen molar-refractivity contribution in [3.8, 4) is 0 Å². The van der Waals surface area contributed by atoms with E-state index in [4.69, 9.17) is 5.73 Å². The van der Waals surface area contributed by atoms with Crippen LogP contribution in [0.15, 0.2) is 30.3 Å². The lowest BCUT2D eigenvalue weighted by Crippen LogP contribution is -2.05. The first-order valence-electron chi connectivity index (χ1n) is 3.42. The van der Waals surface area contributed by atoms with Crippen molar-refractivity contribution in [2.75, 3.05) is 0 Å². The maximum atomic E-state index is 10.4. The van der Waals surface area contributed by atoms with Gasteiger partial charge in [-0.2, -0.15) is 0 Å². The smallest absolute Gasteiger partial charge is 0.241 e. The van der Waals surface area contributed by atoms with Gasteiger partial charge in [-0.3, -0.25) is 4.79 Å². The Balaban J connectivity index is 2.89. The van der Waals surface area contributed by atoms with Crippen molar-refractivity contribution in [3.05, 3.63) is 39.5 Å². The Morgan fingerprint density at radius 3 is 2.67 bits per heavy atom. The Hall–Kier alpha value is -0.840. The van der Waals surface area contributed by atoms with E-state index in [2.05, 4.69) is 22.6 Å². The molecule has 0 spiro atoms. The maximum Gasteiger partial charge on any atom is 0.241 e. The van der Waals surface area contributed by atoms with Crippen molar-refractivity contribution < 1.29 is 4.79 Å². The van der Waals surface area contributed by atoms with Gasteiger partial charge in [0.1, 0.15) is 0 Å². The summed E-state index contributed by atoms with van der Waals surface area (Å²) in [5, 5.41) is 0. The highest BCUT2D eigenvalue weighted by atomic mass is 127. The minimum absolute atomic E-state index is 0.422. The number of primary amides is 1. The van der Waals surface area contributed by atoms with Gasteiger partial charge in [0.05, 0.1) is 0 Å². The number of carbonyl (C=O) groups is 1. The maximum absolute atomic E-state index is 10.4. The fourth-order valence-corrected chi connectivity index (χ4v) is 1.35. The molecule has 0 radical (unpaired) electrons. The minimum atomic E-state index is -0.422. The van der Waals surface area contributed by atoms with Gasteiger partial charge in [-0.05, 0) is 40.3 Å². The third-order valence-electron chi connectivity index (χ3n) is 1.33. The molecule has 2 N–H and O–H groups in total. The lowest BCUT2D eigenvalue weighted by atomic mass is 10.2. The zero-order valence-corrected chi connectivity index (χ0v) is 8.49. The SMILES string of the molecule is NC(=O)C=Cc1ccccc1I. The van der Waals surface area contributed by atoms with Crippen LogP contribution in [0.4, 0.5) is 0 Å². The molecule has 0 unspecified atom stereocenters. The van der Waals surface area contributed by atoms with Crippen LogP contribution >= 0.6 is 22.6 Å². The van der Waals surface area contributed by atoms with Gasteiger partial charge in [0.15, 0.2) is 0 Å². The fourth-order valence-electron chi connectivity index (χ4n) is 0.782. The summed E-state index contributed by atoms with van der Waals surface area (Å²) in [6, 6.07) is 7.77. The minimum Gasteiger partial charge on any atom is -0.366 e. The normalized spacial score (nSPS) is 10.4. The van der Waals surface area contributed by atoms with Crippen molar-refractivity contribution in [2.45, 2.75) is 0 Å². The molecule has 0 saturated carbocycles. The van der Waals surface area contributed by atoms with Crippen LogP contribution in [0.25, 0.3) is 6.08 Å². The van der Waals surface area contributed by atoms with E-state index in [1.165, 1.54) is 6.08 Å². The average molecular weight is 273 g/mol. The van der Waals surface area contributed by atoms with Crippen molar-refractivity contribution in [1.29, 1.82) is 0 Å². The number of hydrogen-bond acceptors (Lipinski definition) is 1. The summed E-state index contributed by atoms with van der Waals surface area (Å²) in [5.41, 5.74) is 5.97. The predicted octanol–water partition coefficient (Wildman–Crippen LogP) is 1.79. The van der Waals surface area contributed by atoms with Crippen molar-refractivity contribution in [3.63, 3.8) is 0 Å². The molecule has 1 aromatic rings. The number of rotatable bonds is 2. The molecule has 1 aromatic carbocycles. The Labute approximate surface area is 84.6 Å². The van der Waals surface area contributed by atoms with Crippen LogP contribution in [0.5, 0.6) is 0 Å². The zero-order chi connectivity index (χ0) is 8.97. The Kier molecular flexibility index (Phi) is 3.28. The third-order valence-corrected chi connectivity index (χ3v) is 2.31. The molecule has 0 saturated heterocycles. The largest absolute Gasteiger partial charge is 0.366 e. The highest BCUT2D eigenvalue weighted by Crippen LogP contribution is 2.12. The van der Waals surface area contributed by atoms with Gasteiger partial charge in [0.25, 0.3) is 0 Å². The van der Waals surface area contributed by atoms with Crippen LogP contribution < -0.4 is 5.73 Å². The Morgan fingerprint density at radius 1 is 1.42 bits per heavy atom. The molecule has 3 heteroatoms. The van der Waals surface area contributed by atoms with Gasteiger partial charge in [-0.25, -0.2) is 0 Å². The number of hydrogen-bond donors (Lipinski definition) is 1. The first-order valence-corrected chi connectivity index (χ1v) is 4.50. The fraction of sp³-hybridized carbons (Fsp3) is 0. The van der Waals surface area contributed by atoms with E-state index in [9.17, 15) is 4.79 Å². The molecule has 0 aromatic heterocycles. The second-order valence-corrected chi connectivity index (χ2v) is 3.42. The summed E-state index contributed by atoms with van der Waals surface area (Å²) in [4.78, 5) is 10.4. The van der Waals surface area contributed by atoms with Crippen LogP contribution in [0.1, 0.15) is 5.56 Å². The van der Waals surface area contributed by atoms with Crippen molar-refractivity contribution in [2.24, 2.45) is 5.73 Å². The Morgan fingerprint density at radius 2 is 2.08 bits per heavy atom. The molecule has 0 aliphatic carbocycles. The second kappa shape index (κ2) is 4.25. The van der Waals surface area contributed by atoms with Gasteiger partial charge in [0.2, 0.25) is 5.91 Å². The van der Waals surface area contributed by atoms with Crippen LogP contribution in [0.2, 0.25) is 0 Å². The van der Waals surface area contributed by atoms with E-state index in [1.54, 1.807) is 6.08 Å². The van der Waals surface area contributed by atoms with Crippen molar-refractivity contribution in [1.82, 2.24) is 0 Å². The number of halogens is 1. The molecule has 1 rings (SSSR count). The van der Waals surface area contributed by atoms with E-state index in [0.29, 0.717) is 0 Å². The first kappa shape index (κ1) is 9.25. The zero-order valence-electron chi connectivity index (χ0n) is 6.33. The number of amides is 1. The van der Waals surface area contributed by atoms with Gasteiger partial charge in [-0.15, -0.1) is 0 Å². The lowest BCUT2D eigenvalue weighted by Gasteiger charge is -1.95. The van der Waals surface area contributed by atoms with Gasteiger partial charge >= 0.3 is 0 Å². The summed E-state index contributed by atoms with van der Waals surface area (Å²) in [6.45, 7) is 0. The molecule has 0 fully saturated rings. The summed E-state index contributed by atoms with van der Waals surface area (Å²) < 4.78 is 1.10. The van der Waals surface area contributed by atoms with Gasteiger partial charge in [-0.1, -0.05) is 18.2 Å².